The summed E-state index contributed by atoms with van der Waals surface area (Å²) in [4.78, 5) is 11.6. The summed E-state index contributed by atoms with van der Waals surface area (Å²) in [6.07, 6.45) is 1.93. The van der Waals surface area contributed by atoms with Crippen LogP contribution in [0.3, 0.4) is 0 Å². The molecule has 0 aliphatic rings. The number of ether oxygens (including phenoxy) is 1. The van der Waals surface area contributed by atoms with E-state index >= 15 is 0 Å². The summed E-state index contributed by atoms with van der Waals surface area (Å²) in [5.41, 5.74) is 0.179. The van der Waals surface area contributed by atoms with Gasteiger partial charge in [0.15, 0.2) is 0 Å². The van der Waals surface area contributed by atoms with E-state index in [2.05, 4.69) is 6.58 Å². The second-order valence-electron chi connectivity index (χ2n) is 3.10. The van der Waals surface area contributed by atoms with Crippen molar-refractivity contribution in [2.75, 3.05) is 0 Å². The lowest BCUT2D eigenvalue weighted by atomic mass is 10.2. The van der Waals surface area contributed by atoms with Gasteiger partial charge in [-0.15, -0.1) is 0 Å². The molecule has 80 valence electrons. The number of hydrogen-bond donors (Lipinski definition) is 1. The van der Waals surface area contributed by atoms with E-state index in [0.717, 1.165) is 0 Å². The van der Waals surface area contributed by atoms with Crippen LogP contribution < -0.4 is 0 Å². The maximum absolute atomic E-state index is 11.6. The molecule has 0 radical (unpaired) electrons. The van der Waals surface area contributed by atoms with E-state index in [1.165, 1.54) is 12.1 Å². The highest BCUT2D eigenvalue weighted by atomic mass is 16.5. The Balaban J connectivity index is 2.77. The third-order valence-electron chi connectivity index (χ3n) is 2.05. The van der Waals surface area contributed by atoms with Gasteiger partial charge in [0.2, 0.25) is 0 Å². The van der Waals surface area contributed by atoms with Crippen LogP contribution in [0.4, 0.5) is 0 Å². The van der Waals surface area contributed by atoms with Crippen LogP contribution in [0.1, 0.15) is 23.7 Å². The minimum absolute atomic E-state index is 0.0681. The minimum atomic E-state index is -0.528. The molecule has 1 aromatic rings. The molecule has 0 amide bonds. The Morgan fingerprint density at radius 1 is 1.60 bits per heavy atom. The van der Waals surface area contributed by atoms with Crippen molar-refractivity contribution in [1.82, 2.24) is 0 Å². The Labute approximate surface area is 89.0 Å². The van der Waals surface area contributed by atoms with Gasteiger partial charge >= 0.3 is 5.97 Å². The van der Waals surface area contributed by atoms with E-state index in [-0.39, 0.29) is 17.4 Å². The van der Waals surface area contributed by atoms with Crippen molar-refractivity contribution < 1.29 is 14.6 Å². The van der Waals surface area contributed by atoms with Crippen LogP contribution >= 0.6 is 0 Å². The highest BCUT2D eigenvalue weighted by Crippen LogP contribution is 2.17. The zero-order valence-electron chi connectivity index (χ0n) is 8.64. The first-order valence-corrected chi connectivity index (χ1v) is 4.80. The molecule has 0 saturated heterocycles. The van der Waals surface area contributed by atoms with Gasteiger partial charge in [-0.3, -0.25) is 0 Å². The van der Waals surface area contributed by atoms with Crippen LogP contribution in [0, 0.1) is 0 Å². The summed E-state index contributed by atoms with van der Waals surface area (Å²) < 4.78 is 5.10. The van der Waals surface area contributed by atoms with Gasteiger partial charge in [0.05, 0.1) is 0 Å². The zero-order valence-corrected chi connectivity index (χ0v) is 8.64. The molecule has 1 unspecified atom stereocenters. The molecule has 0 aromatic heterocycles. The maximum atomic E-state index is 11.6. The van der Waals surface area contributed by atoms with Crippen molar-refractivity contribution in [3.63, 3.8) is 0 Å². The molecule has 1 N–H and O–H groups in total. The Morgan fingerprint density at radius 2 is 2.27 bits per heavy atom. The van der Waals surface area contributed by atoms with Crippen molar-refractivity contribution >= 4 is 5.97 Å². The quantitative estimate of drug-likeness (QED) is 0.608. The Bertz CT molecular complexity index is 358. The Hall–Kier alpha value is -1.77. The lowest BCUT2D eigenvalue weighted by molar-refractivity contribution is 0.0386. The van der Waals surface area contributed by atoms with E-state index in [0.29, 0.717) is 6.42 Å². The fourth-order valence-corrected chi connectivity index (χ4v) is 1.15. The summed E-state index contributed by atoms with van der Waals surface area (Å²) in [5.74, 6) is -0.596. The number of carbonyl (C=O) groups is 1. The van der Waals surface area contributed by atoms with Crippen molar-refractivity contribution in [3.05, 3.63) is 42.5 Å². The number of para-hydroxylation sites is 1. The standard InChI is InChI=1S/C12H14O3/c1-3-9(4-2)15-12(14)10-7-5-6-8-11(10)13/h3,5-9,13H,1,4H2,2H3. The van der Waals surface area contributed by atoms with Crippen molar-refractivity contribution in [2.24, 2.45) is 0 Å². The number of aromatic hydroxyl groups is 1. The molecule has 15 heavy (non-hydrogen) atoms. The molecule has 1 rings (SSSR count). The second kappa shape index (κ2) is 5.20. The number of carbonyl (C=O) groups excluding carboxylic acids is 1. The Morgan fingerprint density at radius 3 is 2.80 bits per heavy atom. The Kier molecular flexibility index (Phi) is 3.92. The summed E-state index contributed by atoms with van der Waals surface area (Å²) in [7, 11) is 0. The molecule has 0 bridgehead atoms. The summed E-state index contributed by atoms with van der Waals surface area (Å²) in [6, 6.07) is 6.29. The average molecular weight is 206 g/mol. The summed E-state index contributed by atoms with van der Waals surface area (Å²) >= 11 is 0. The molecule has 1 aromatic carbocycles. The normalized spacial score (nSPS) is 11.8. The smallest absolute Gasteiger partial charge is 0.342 e. The lowest BCUT2D eigenvalue weighted by Gasteiger charge is -2.12. The third kappa shape index (κ3) is 2.84. The first-order valence-electron chi connectivity index (χ1n) is 4.80. The molecule has 0 spiro atoms. The van der Waals surface area contributed by atoms with Gasteiger partial charge in [-0.05, 0) is 18.6 Å². The molecule has 1 atom stereocenters. The van der Waals surface area contributed by atoms with Gasteiger partial charge in [0, 0.05) is 0 Å². The molecular formula is C12H14O3. The van der Waals surface area contributed by atoms with Crippen LogP contribution in [-0.4, -0.2) is 17.2 Å². The van der Waals surface area contributed by atoms with E-state index in [1.807, 2.05) is 6.92 Å². The first kappa shape index (κ1) is 11.3. The SMILES string of the molecule is C=CC(CC)OC(=O)c1ccccc1O. The van der Waals surface area contributed by atoms with Gasteiger partial charge < -0.3 is 9.84 Å². The van der Waals surface area contributed by atoms with Crippen LogP contribution in [0.15, 0.2) is 36.9 Å². The van der Waals surface area contributed by atoms with Crippen molar-refractivity contribution in [3.8, 4) is 5.75 Å². The molecule has 0 heterocycles. The molecular weight excluding hydrogens is 192 g/mol. The van der Waals surface area contributed by atoms with E-state index < -0.39 is 5.97 Å². The van der Waals surface area contributed by atoms with Crippen LogP contribution in [0.2, 0.25) is 0 Å². The minimum Gasteiger partial charge on any atom is -0.507 e. The number of hydrogen-bond acceptors (Lipinski definition) is 3. The van der Waals surface area contributed by atoms with Crippen molar-refractivity contribution in [2.45, 2.75) is 19.4 Å². The highest BCUT2D eigenvalue weighted by Gasteiger charge is 2.14. The predicted molar refractivity (Wildman–Crippen MR) is 57.8 cm³/mol. The molecule has 0 aliphatic heterocycles. The van der Waals surface area contributed by atoms with Gasteiger partial charge in [0.1, 0.15) is 17.4 Å². The van der Waals surface area contributed by atoms with Crippen LogP contribution in [-0.2, 0) is 4.74 Å². The van der Waals surface area contributed by atoms with Crippen LogP contribution in [0.25, 0.3) is 0 Å². The number of phenolic OH excluding ortho intramolecular Hbond substituents is 1. The number of rotatable bonds is 4. The fourth-order valence-electron chi connectivity index (χ4n) is 1.15. The largest absolute Gasteiger partial charge is 0.507 e. The topological polar surface area (TPSA) is 46.5 Å². The summed E-state index contributed by atoms with van der Waals surface area (Å²) in [6.45, 7) is 5.45. The molecule has 0 aliphatic carbocycles. The average Bonchev–Trinajstić information content (AvgIpc) is 2.26. The first-order chi connectivity index (χ1) is 7.19. The zero-order chi connectivity index (χ0) is 11.3. The van der Waals surface area contributed by atoms with E-state index in [4.69, 9.17) is 4.74 Å². The van der Waals surface area contributed by atoms with Gasteiger partial charge in [0.25, 0.3) is 0 Å². The molecule has 3 nitrogen and oxygen atoms in total. The number of esters is 1. The third-order valence-corrected chi connectivity index (χ3v) is 2.05. The maximum Gasteiger partial charge on any atom is 0.342 e. The van der Waals surface area contributed by atoms with Gasteiger partial charge in [-0.2, -0.15) is 0 Å². The van der Waals surface area contributed by atoms with Gasteiger partial charge in [-0.1, -0.05) is 31.7 Å². The number of phenols is 1. The van der Waals surface area contributed by atoms with E-state index in [9.17, 15) is 9.90 Å². The molecule has 0 fully saturated rings. The predicted octanol–water partition coefficient (Wildman–Crippen LogP) is 2.51. The lowest BCUT2D eigenvalue weighted by Crippen LogP contribution is -2.15. The van der Waals surface area contributed by atoms with Gasteiger partial charge in [-0.25, -0.2) is 4.79 Å². The monoisotopic (exact) mass is 206 g/mol. The van der Waals surface area contributed by atoms with Crippen molar-refractivity contribution in [1.29, 1.82) is 0 Å². The number of benzene rings is 1. The molecule has 3 heteroatoms. The fraction of sp³-hybridized carbons (Fsp3) is 0.250. The van der Waals surface area contributed by atoms with E-state index in [1.54, 1.807) is 18.2 Å². The van der Waals surface area contributed by atoms with Crippen LogP contribution in [0.5, 0.6) is 5.75 Å². The summed E-state index contributed by atoms with van der Waals surface area (Å²) in [5, 5.41) is 9.41. The second-order valence-corrected chi connectivity index (χ2v) is 3.10. The highest BCUT2D eigenvalue weighted by molar-refractivity contribution is 5.92. The molecule has 0 saturated carbocycles.